The zero-order chi connectivity index (χ0) is 15.6. The van der Waals surface area contributed by atoms with E-state index in [4.69, 9.17) is 14.2 Å². The van der Waals surface area contributed by atoms with E-state index in [0.717, 1.165) is 23.5 Å². The minimum atomic E-state index is -0.213. The normalized spacial score (nSPS) is 22.7. The van der Waals surface area contributed by atoms with Crippen LogP contribution in [0.15, 0.2) is 60.2 Å². The van der Waals surface area contributed by atoms with Crippen LogP contribution >= 0.6 is 0 Å². The topological polar surface area (TPSA) is 27.7 Å². The first-order valence-electron chi connectivity index (χ1n) is 8.15. The van der Waals surface area contributed by atoms with E-state index in [2.05, 4.69) is 30.3 Å². The molecule has 0 spiro atoms. The average Bonchev–Trinajstić information content (AvgIpc) is 2.62. The van der Waals surface area contributed by atoms with Crippen molar-refractivity contribution in [3.05, 3.63) is 71.3 Å². The highest BCUT2D eigenvalue weighted by molar-refractivity contribution is 5.72. The smallest absolute Gasteiger partial charge is 0.200 e. The van der Waals surface area contributed by atoms with E-state index in [1.807, 2.05) is 31.2 Å². The van der Waals surface area contributed by atoms with Gasteiger partial charge in [-0.15, -0.1) is 0 Å². The van der Waals surface area contributed by atoms with E-state index >= 15 is 0 Å². The van der Waals surface area contributed by atoms with Crippen molar-refractivity contribution in [1.29, 1.82) is 0 Å². The Bertz CT molecular complexity index is 721. The highest BCUT2D eigenvalue weighted by Crippen LogP contribution is 2.45. The molecule has 3 heteroatoms. The van der Waals surface area contributed by atoms with Crippen molar-refractivity contribution in [3.63, 3.8) is 0 Å². The van der Waals surface area contributed by atoms with Crippen molar-refractivity contribution in [1.82, 2.24) is 0 Å². The lowest BCUT2D eigenvalue weighted by Gasteiger charge is -2.37. The molecule has 0 saturated carbocycles. The molecular weight excluding hydrogens is 288 g/mol. The van der Waals surface area contributed by atoms with Gasteiger partial charge >= 0.3 is 0 Å². The van der Waals surface area contributed by atoms with Crippen LogP contribution in [0.25, 0.3) is 5.76 Å². The number of fused-ring (bicyclic) bond motifs is 2. The summed E-state index contributed by atoms with van der Waals surface area (Å²) in [5.74, 6) is 2.09. The maximum atomic E-state index is 6.19. The van der Waals surface area contributed by atoms with Crippen molar-refractivity contribution >= 4 is 5.76 Å². The number of rotatable bonds is 3. The molecule has 2 atom stereocenters. The van der Waals surface area contributed by atoms with Crippen LogP contribution < -0.4 is 4.74 Å². The molecule has 0 bridgehead atoms. The quantitative estimate of drug-likeness (QED) is 0.843. The van der Waals surface area contributed by atoms with Crippen molar-refractivity contribution in [2.45, 2.75) is 25.6 Å². The summed E-state index contributed by atoms with van der Waals surface area (Å²) in [6.45, 7) is 3.22. The van der Waals surface area contributed by atoms with Crippen molar-refractivity contribution in [2.24, 2.45) is 0 Å². The fourth-order valence-corrected chi connectivity index (χ4v) is 3.40. The predicted molar refractivity (Wildman–Crippen MR) is 89.2 cm³/mol. The molecule has 0 aromatic heterocycles. The van der Waals surface area contributed by atoms with E-state index in [-0.39, 0.29) is 12.2 Å². The molecule has 0 radical (unpaired) electrons. The Kier molecular flexibility index (Phi) is 3.80. The summed E-state index contributed by atoms with van der Waals surface area (Å²) >= 11 is 0. The second-order valence-corrected chi connectivity index (χ2v) is 5.84. The summed E-state index contributed by atoms with van der Waals surface area (Å²) in [5, 5.41) is 0. The molecule has 118 valence electrons. The molecule has 2 aromatic carbocycles. The van der Waals surface area contributed by atoms with E-state index in [9.17, 15) is 0 Å². The van der Waals surface area contributed by atoms with Crippen LogP contribution in [0.1, 0.15) is 30.4 Å². The van der Waals surface area contributed by atoms with E-state index in [1.165, 1.54) is 11.1 Å². The van der Waals surface area contributed by atoms with Gasteiger partial charge in [0.15, 0.2) is 0 Å². The minimum Gasteiger partial charge on any atom is -0.488 e. The molecule has 0 aliphatic carbocycles. The van der Waals surface area contributed by atoms with E-state index in [0.29, 0.717) is 13.2 Å². The Morgan fingerprint density at radius 3 is 2.65 bits per heavy atom. The van der Waals surface area contributed by atoms with Gasteiger partial charge in [-0.25, -0.2) is 0 Å². The van der Waals surface area contributed by atoms with E-state index < -0.39 is 0 Å². The van der Waals surface area contributed by atoms with Gasteiger partial charge in [0.05, 0.1) is 5.56 Å². The maximum absolute atomic E-state index is 6.19. The third kappa shape index (κ3) is 2.62. The summed E-state index contributed by atoms with van der Waals surface area (Å²) in [5.41, 5.74) is 3.53. The van der Waals surface area contributed by atoms with Gasteiger partial charge in [-0.2, -0.15) is 0 Å². The van der Waals surface area contributed by atoms with Crippen molar-refractivity contribution in [2.75, 3.05) is 13.2 Å². The molecule has 4 rings (SSSR count). The van der Waals surface area contributed by atoms with Crippen LogP contribution in [-0.4, -0.2) is 19.5 Å². The number of hydrogen-bond acceptors (Lipinski definition) is 3. The Balaban J connectivity index is 1.80. The molecule has 2 aromatic rings. The maximum Gasteiger partial charge on any atom is 0.200 e. The third-order valence-corrected chi connectivity index (χ3v) is 4.46. The van der Waals surface area contributed by atoms with Crippen LogP contribution in [0.3, 0.4) is 0 Å². The van der Waals surface area contributed by atoms with E-state index in [1.54, 1.807) is 0 Å². The lowest BCUT2D eigenvalue weighted by molar-refractivity contribution is -0.107. The van der Waals surface area contributed by atoms with Gasteiger partial charge in [0.25, 0.3) is 0 Å². The highest BCUT2D eigenvalue weighted by atomic mass is 16.7. The van der Waals surface area contributed by atoms with Crippen LogP contribution in [0.4, 0.5) is 0 Å². The lowest BCUT2D eigenvalue weighted by Crippen LogP contribution is -2.30. The summed E-state index contributed by atoms with van der Waals surface area (Å²) in [6, 6.07) is 18.6. The summed E-state index contributed by atoms with van der Waals surface area (Å²) in [4.78, 5) is 0. The number of hydrogen-bond donors (Lipinski definition) is 0. The summed E-state index contributed by atoms with van der Waals surface area (Å²) in [7, 11) is 0. The number of para-hydroxylation sites is 1. The molecule has 2 unspecified atom stereocenters. The van der Waals surface area contributed by atoms with Crippen LogP contribution in [0, 0.1) is 0 Å². The average molecular weight is 308 g/mol. The van der Waals surface area contributed by atoms with Gasteiger partial charge in [-0.05, 0) is 24.6 Å². The second kappa shape index (κ2) is 6.09. The van der Waals surface area contributed by atoms with Crippen LogP contribution in [0.5, 0.6) is 5.75 Å². The van der Waals surface area contributed by atoms with Crippen LogP contribution in [0.2, 0.25) is 0 Å². The van der Waals surface area contributed by atoms with Gasteiger partial charge in [-0.3, -0.25) is 0 Å². The number of benzene rings is 2. The Morgan fingerprint density at radius 1 is 1.04 bits per heavy atom. The second-order valence-electron chi connectivity index (χ2n) is 5.84. The predicted octanol–water partition coefficient (Wildman–Crippen LogP) is 4.36. The fourth-order valence-electron chi connectivity index (χ4n) is 3.40. The largest absolute Gasteiger partial charge is 0.488 e. The summed E-state index contributed by atoms with van der Waals surface area (Å²) < 4.78 is 17.9. The molecule has 2 aliphatic heterocycles. The minimum absolute atomic E-state index is 0.213. The van der Waals surface area contributed by atoms with Gasteiger partial charge in [0.1, 0.15) is 18.1 Å². The zero-order valence-electron chi connectivity index (χ0n) is 13.2. The van der Waals surface area contributed by atoms with Crippen molar-refractivity contribution in [3.8, 4) is 5.75 Å². The first-order valence-corrected chi connectivity index (χ1v) is 8.15. The fraction of sp³-hybridized carbons (Fsp3) is 0.300. The van der Waals surface area contributed by atoms with Gasteiger partial charge < -0.3 is 14.2 Å². The van der Waals surface area contributed by atoms with Crippen molar-refractivity contribution < 1.29 is 14.2 Å². The van der Waals surface area contributed by atoms with Gasteiger partial charge in [0.2, 0.25) is 6.29 Å². The highest BCUT2D eigenvalue weighted by Gasteiger charge is 2.36. The Hall–Kier alpha value is -2.26. The first kappa shape index (κ1) is 14.3. The molecule has 0 fully saturated rings. The number of ether oxygens (including phenoxy) is 3. The Morgan fingerprint density at radius 2 is 1.83 bits per heavy atom. The molecular formula is C20H20O3. The lowest BCUT2D eigenvalue weighted by atomic mass is 9.84. The summed E-state index contributed by atoms with van der Waals surface area (Å²) in [6.07, 6.45) is 0.609. The molecule has 0 amide bonds. The van der Waals surface area contributed by atoms with Gasteiger partial charge in [0, 0.05) is 24.5 Å². The Labute approximate surface area is 136 Å². The zero-order valence-corrected chi connectivity index (χ0v) is 13.2. The standard InChI is InChI=1S/C20H20O3/c1-2-21-19-12-16(14-8-4-3-5-9-14)17-13-22-18-11-7-6-10-15(18)20(17)23-19/h3-11,16,19H,2,12-13H2,1H3. The molecule has 23 heavy (non-hydrogen) atoms. The first-order chi connectivity index (χ1) is 11.4. The SMILES string of the molecule is CCOC1CC(c2ccccc2)C2=C(O1)c1ccccc1OC2. The van der Waals surface area contributed by atoms with Gasteiger partial charge in [-0.1, -0.05) is 42.5 Å². The third-order valence-electron chi connectivity index (χ3n) is 4.46. The monoisotopic (exact) mass is 308 g/mol. The van der Waals surface area contributed by atoms with Crippen LogP contribution in [-0.2, 0) is 9.47 Å². The molecule has 2 heterocycles. The molecule has 2 aliphatic rings. The molecule has 0 saturated heterocycles. The molecule has 3 nitrogen and oxygen atoms in total. The molecule has 0 N–H and O–H groups in total.